The van der Waals surface area contributed by atoms with Crippen molar-refractivity contribution in [1.82, 2.24) is 9.13 Å². The van der Waals surface area contributed by atoms with Crippen molar-refractivity contribution in [3.05, 3.63) is 109 Å². The van der Waals surface area contributed by atoms with Crippen molar-refractivity contribution in [1.29, 1.82) is 0 Å². The summed E-state index contributed by atoms with van der Waals surface area (Å²) in [6, 6.07) is 24.5. The van der Waals surface area contributed by atoms with Gasteiger partial charge in [0.25, 0.3) is 0 Å². The van der Waals surface area contributed by atoms with E-state index in [-0.39, 0.29) is 24.8 Å². The van der Waals surface area contributed by atoms with E-state index in [2.05, 4.69) is 55.4 Å². The normalized spacial score (nSPS) is 11.0. The van der Waals surface area contributed by atoms with Gasteiger partial charge in [0.15, 0.2) is 0 Å². The highest BCUT2D eigenvalue weighted by Crippen LogP contribution is 2.21. The van der Waals surface area contributed by atoms with Crippen LogP contribution in [0.5, 0.6) is 0 Å². The molecule has 5 rings (SSSR count). The molecule has 2 heterocycles. The Morgan fingerprint density at radius 1 is 0.548 bits per heavy atom. The Hall–Kier alpha value is -4.54. The Balaban J connectivity index is 0.00000242. The first-order valence-electron chi connectivity index (χ1n) is 13.1. The third-order valence-corrected chi connectivity index (χ3v) is 6.55. The summed E-state index contributed by atoms with van der Waals surface area (Å²) in [7, 11) is 7.80. The van der Waals surface area contributed by atoms with Crippen molar-refractivity contribution in [2.45, 2.75) is 13.1 Å². The van der Waals surface area contributed by atoms with Crippen LogP contribution < -0.4 is 44.6 Å². The summed E-state index contributed by atoms with van der Waals surface area (Å²) < 4.78 is 7.72. The number of aromatic nitrogens is 4. The van der Waals surface area contributed by atoms with E-state index in [1.54, 1.807) is 0 Å². The van der Waals surface area contributed by atoms with Gasteiger partial charge in [-0.1, -0.05) is 34.5 Å². The summed E-state index contributed by atoms with van der Waals surface area (Å²) in [6.07, 6.45) is 7.80. The van der Waals surface area contributed by atoms with Gasteiger partial charge in [-0.15, -0.1) is 0 Å². The molecule has 12 heteroatoms. The highest BCUT2D eigenvalue weighted by molar-refractivity contribution is 5.52. The summed E-state index contributed by atoms with van der Waals surface area (Å²) in [5, 5.41) is 24.3. The molecule has 0 saturated heterocycles. The molecule has 0 aliphatic heterocycles. The topological polar surface area (TPSA) is 91.1 Å². The summed E-state index contributed by atoms with van der Waals surface area (Å²) >= 11 is 0. The molecule has 2 N–H and O–H groups in total. The average Bonchev–Trinajstić information content (AvgIpc) is 3.48. The predicted octanol–water partition coefficient (Wildman–Crippen LogP) is 0.0756. The monoisotopic (exact) mass is 604 g/mol. The fourth-order valence-electron chi connectivity index (χ4n) is 4.13. The lowest BCUT2D eigenvalue weighted by atomic mass is 10.1. The number of halogens is 2. The zero-order valence-electron chi connectivity index (χ0n) is 24.0. The highest BCUT2D eigenvalue weighted by atomic mass is 35.5. The molecule has 0 unspecified atom stereocenters. The van der Waals surface area contributed by atoms with E-state index in [1.165, 1.54) is 11.1 Å². The zero-order valence-corrected chi connectivity index (χ0v) is 25.5. The first-order chi connectivity index (χ1) is 19.4. The maximum atomic E-state index is 4.35. The van der Waals surface area contributed by atoms with Crippen LogP contribution in [-0.2, 0) is 41.3 Å². The van der Waals surface area contributed by atoms with Gasteiger partial charge in [0, 0.05) is 34.7 Å². The van der Waals surface area contributed by atoms with Crippen LogP contribution in [0.15, 0.2) is 118 Å². The van der Waals surface area contributed by atoms with E-state index in [9.17, 15) is 0 Å². The second-order valence-corrected chi connectivity index (χ2v) is 9.66. The molecule has 3 aromatic carbocycles. The van der Waals surface area contributed by atoms with Gasteiger partial charge in [-0.3, -0.25) is 0 Å². The lowest BCUT2D eigenvalue weighted by molar-refractivity contribution is -0.657. The molecule has 0 aliphatic rings. The van der Waals surface area contributed by atoms with Crippen molar-refractivity contribution < 1.29 is 33.9 Å². The van der Waals surface area contributed by atoms with Crippen LogP contribution in [0.25, 0.3) is 0 Å². The number of azo groups is 2. The Morgan fingerprint density at radius 2 is 0.905 bits per heavy atom. The number of hydrogen-bond acceptors (Lipinski definition) is 6. The Kier molecular flexibility index (Phi) is 11.3. The van der Waals surface area contributed by atoms with Crippen LogP contribution in [0, 0.1) is 0 Å². The van der Waals surface area contributed by atoms with Crippen LogP contribution in [0.1, 0.15) is 11.1 Å². The average molecular weight is 606 g/mol. The molecule has 0 amide bonds. The second-order valence-electron chi connectivity index (χ2n) is 9.66. The summed E-state index contributed by atoms with van der Waals surface area (Å²) in [6.45, 7) is 1.48. The van der Waals surface area contributed by atoms with Crippen molar-refractivity contribution in [3.63, 3.8) is 0 Å². The molecular formula is C30H34Cl2N10. The summed E-state index contributed by atoms with van der Waals surface area (Å²) in [5.41, 5.74) is 6.12. The van der Waals surface area contributed by atoms with Crippen molar-refractivity contribution in [3.8, 4) is 0 Å². The first kappa shape index (κ1) is 32.0. The van der Waals surface area contributed by atoms with Crippen LogP contribution in [0.3, 0.4) is 0 Å². The molecule has 0 spiro atoms. The first-order valence-corrected chi connectivity index (χ1v) is 13.1. The number of hydrogen-bond donors (Lipinski definition) is 2. The molecule has 0 radical (unpaired) electrons. The van der Waals surface area contributed by atoms with Gasteiger partial charge in [-0.25, -0.2) is 18.3 Å². The van der Waals surface area contributed by atoms with Crippen molar-refractivity contribution >= 4 is 34.6 Å². The van der Waals surface area contributed by atoms with Gasteiger partial charge in [0.05, 0.1) is 53.0 Å². The van der Waals surface area contributed by atoms with Crippen LogP contribution in [0.2, 0.25) is 0 Å². The van der Waals surface area contributed by atoms with Gasteiger partial charge < -0.3 is 35.4 Å². The number of aryl methyl sites for hydroxylation is 4. The number of nitrogens with zero attached hydrogens (tertiary/aromatic N) is 8. The van der Waals surface area contributed by atoms with Gasteiger partial charge in [-0.05, 0) is 59.7 Å². The lowest BCUT2D eigenvalue weighted by Gasteiger charge is -2.09. The maximum Gasteiger partial charge on any atom is 0.421 e. The molecule has 10 nitrogen and oxygen atoms in total. The fourth-order valence-corrected chi connectivity index (χ4v) is 4.13. The Labute approximate surface area is 258 Å². The molecule has 2 aromatic heterocycles. The maximum absolute atomic E-state index is 4.35. The minimum atomic E-state index is 0. The summed E-state index contributed by atoms with van der Waals surface area (Å²) in [5.74, 6) is 1.57. The molecular weight excluding hydrogens is 571 g/mol. The zero-order chi connectivity index (χ0) is 27.9. The SMILES string of the molecule is Cn1cc[n+](C)c1N=Nc1ccc(NCc2ccc(CNc3ccc(N=Nc4n(C)cc[n+]4C)cc3)cc2)cc1.[Cl-].[Cl-]. The van der Waals surface area contributed by atoms with Gasteiger partial charge in [0.2, 0.25) is 0 Å². The lowest BCUT2D eigenvalue weighted by Crippen LogP contribution is -3.00. The van der Waals surface area contributed by atoms with E-state index >= 15 is 0 Å². The third kappa shape index (κ3) is 8.25. The fraction of sp³-hybridized carbons (Fsp3) is 0.200. The van der Waals surface area contributed by atoms with E-state index in [0.29, 0.717) is 0 Å². The number of rotatable bonds is 10. The molecule has 0 atom stereocenters. The van der Waals surface area contributed by atoms with Gasteiger partial charge in [-0.2, -0.15) is 0 Å². The van der Waals surface area contributed by atoms with Crippen LogP contribution in [-0.4, -0.2) is 9.13 Å². The number of nitrogens with one attached hydrogen (secondary N) is 2. The van der Waals surface area contributed by atoms with Gasteiger partial charge >= 0.3 is 11.9 Å². The summed E-state index contributed by atoms with van der Waals surface area (Å²) in [4.78, 5) is 0. The third-order valence-electron chi connectivity index (χ3n) is 6.55. The molecule has 0 bridgehead atoms. The van der Waals surface area contributed by atoms with Crippen LogP contribution in [0.4, 0.5) is 34.6 Å². The highest BCUT2D eigenvalue weighted by Gasteiger charge is 2.11. The minimum Gasteiger partial charge on any atom is -1.00 e. The number of imidazole rings is 2. The largest absolute Gasteiger partial charge is 1.00 e. The van der Waals surface area contributed by atoms with E-state index in [1.807, 2.05) is 120 Å². The molecule has 0 fully saturated rings. The molecule has 42 heavy (non-hydrogen) atoms. The minimum absolute atomic E-state index is 0. The second kappa shape index (κ2) is 14.9. The standard InChI is InChI=1S/C30H32N10.2ClH/c1-37-17-18-38(2)29(37)35-33-27-13-9-25(10-14-27)31-21-23-5-7-24(8-6-23)22-32-26-11-15-28(16-12-26)34-36-30-39(3)19-20-40(30)4;;/h5-20H,21-22H2,1-4H3;2*1H. The molecule has 0 saturated carbocycles. The molecule has 218 valence electrons. The van der Waals surface area contributed by atoms with Crippen LogP contribution >= 0.6 is 0 Å². The van der Waals surface area contributed by atoms with E-state index < -0.39 is 0 Å². The Bertz CT molecular complexity index is 1460. The van der Waals surface area contributed by atoms with Gasteiger partial charge in [0.1, 0.15) is 11.4 Å². The molecule has 0 aliphatic carbocycles. The van der Waals surface area contributed by atoms with E-state index in [4.69, 9.17) is 0 Å². The Morgan fingerprint density at radius 3 is 1.21 bits per heavy atom. The quantitative estimate of drug-likeness (QED) is 0.175. The smallest absolute Gasteiger partial charge is 0.421 e. The number of anilines is 2. The molecule has 5 aromatic rings. The predicted molar refractivity (Wildman–Crippen MR) is 156 cm³/mol. The van der Waals surface area contributed by atoms with Crippen molar-refractivity contribution in [2.75, 3.05) is 10.6 Å². The van der Waals surface area contributed by atoms with E-state index in [0.717, 1.165) is 47.7 Å². The number of benzene rings is 3. The van der Waals surface area contributed by atoms with Crippen molar-refractivity contribution in [2.24, 2.45) is 48.6 Å².